The summed E-state index contributed by atoms with van der Waals surface area (Å²) in [5.41, 5.74) is 2.11. The maximum absolute atomic E-state index is 11.6. The first-order chi connectivity index (χ1) is 15.3. The van der Waals surface area contributed by atoms with Gasteiger partial charge < -0.3 is 25.6 Å². The number of piperazine rings is 1. The molecule has 0 aliphatic carbocycles. The van der Waals surface area contributed by atoms with Gasteiger partial charge in [0.15, 0.2) is 5.96 Å². The molecular weight excluding hydrogens is 404 g/mol. The summed E-state index contributed by atoms with van der Waals surface area (Å²) in [7, 11) is 1.76. The van der Waals surface area contributed by atoms with Crippen molar-refractivity contribution in [1.82, 2.24) is 25.8 Å². The molecule has 1 amide bonds. The molecular formula is C24H42N6O2. The molecule has 0 unspecified atom stereocenters. The van der Waals surface area contributed by atoms with Crippen molar-refractivity contribution in [3.8, 4) is 0 Å². The van der Waals surface area contributed by atoms with E-state index in [0.717, 1.165) is 38.6 Å². The predicted molar refractivity (Wildman–Crippen MR) is 131 cm³/mol. The van der Waals surface area contributed by atoms with E-state index in [1.807, 2.05) is 20.8 Å². The fourth-order valence-electron chi connectivity index (χ4n) is 3.49. The number of nitrogens with one attached hydrogen (secondary N) is 3. The zero-order valence-electron chi connectivity index (χ0n) is 20.5. The monoisotopic (exact) mass is 446 g/mol. The first-order valence-electron chi connectivity index (χ1n) is 11.7. The number of hydrogen-bond acceptors (Lipinski definition) is 5. The van der Waals surface area contributed by atoms with Gasteiger partial charge in [0.2, 0.25) is 0 Å². The Morgan fingerprint density at radius 1 is 0.969 bits per heavy atom. The zero-order chi connectivity index (χ0) is 23.4. The Balaban J connectivity index is 1.63. The van der Waals surface area contributed by atoms with E-state index in [9.17, 15) is 4.79 Å². The molecule has 1 aromatic carbocycles. The maximum Gasteiger partial charge on any atom is 0.407 e. The van der Waals surface area contributed by atoms with Crippen molar-refractivity contribution in [2.75, 3.05) is 52.9 Å². The highest BCUT2D eigenvalue weighted by Crippen LogP contribution is 2.10. The molecule has 0 spiro atoms. The van der Waals surface area contributed by atoms with Gasteiger partial charge in [-0.3, -0.25) is 9.89 Å². The van der Waals surface area contributed by atoms with Crippen LogP contribution in [-0.2, 0) is 17.8 Å². The maximum atomic E-state index is 11.6. The Kier molecular flexibility index (Phi) is 10.8. The van der Waals surface area contributed by atoms with Crippen LogP contribution in [0.1, 0.15) is 45.2 Å². The molecule has 32 heavy (non-hydrogen) atoms. The van der Waals surface area contributed by atoms with Crippen LogP contribution in [0.5, 0.6) is 0 Å². The molecule has 1 aliphatic rings. The fraction of sp³-hybridized carbons (Fsp3) is 0.667. The van der Waals surface area contributed by atoms with E-state index in [2.05, 4.69) is 61.9 Å². The number of alkyl carbamates (subject to hydrolysis) is 1. The number of rotatable bonds is 9. The number of benzene rings is 1. The molecule has 8 heteroatoms. The largest absolute Gasteiger partial charge is 0.444 e. The van der Waals surface area contributed by atoms with Crippen LogP contribution in [0.3, 0.4) is 0 Å². The minimum Gasteiger partial charge on any atom is -0.444 e. The van der Waals surface area contributed by atoms with Gasteiger partial charge in [-0.1, -0.05) is 31.2 Å². The topological polar surface area (TPSA) is 81.2 Å². The van der Waals surface area contributed by atoms with Crippen molar-refractivity contribution < 1.29 is 9.53 Å². The van der Waals surface area contributed by atoms with Crippen LogP contribution in [0.15, 0.2) is 29.3 Å². The summed E-state index contributed by atoms with van der Waals surface area (Å²) in [6, 6.07) is 8.81. The number of guanidine groups is 1. The lowest BCUT2D eigenvalue weighted by atomic mass is 10.1. The number of amides is 1. The number of likely N-dealkylation sites (N-methyl/N-ethyl adjacent to an activating group) is 1. The van der Waals surface area contributed by atoms with Crippen LogP contribution in [0.2, 0.25) is 0 Å². The quantitative estimate of drug-likeness (QED) is 0.307. The van der Waals surface area contributed by atoms with E-state index in [0.29, 0.717) is 19.6 Å². The summed E-state index contributed by atoms with van der Waals surface area (Å²) in [6.07, 6.45) is 0.396. The van der Waals surface area contributed by atoms with Gasteiger partial charge in [-0.05, 0) is 44.9 Å². The van der Waals surface area contributed by atoms with Crippen molar-refractivity contribution in [2.45, 2.75) is 52.8 Å². The van der Waals surface area contributed by atoms with Gasteiger partial charge in [0.25, 0.3) is 0 Å². The second-order valence-electron chi connectivity index (χ2n) is 9.16. The molecule has 1 aliphatic heterocycles. The van der Waals surface area contributed by atoms with Gasteiger partial charge in [-0.2, -0.15) is 0 Å². The Hall–Kier alpha value is -2.32. The summed E-state index contributed by atoms with van der Waals surface area (Å²) >= 11 is 0. The highest BCUT2D eigenvalue weighted by atomic mass is 16.6. The van der Waals surface area contributed by atoms with Crippen LogP contribution >= 0.6 is 0 Å². The number of aliphatic imine (C=N–C) groups is 1. The van der Waals surface area contributed by atoms with Crippen molar-refractivity contribution >= 4 is 12.1 Å². The van der Waals surface area contributed by atoms with Gasteiger partial charge in [0.1, 0.15) is 5.60 Å². The smallest absolute Gasteiger partial charge is 0.407 e. The molecule has 0 aromatic heterocycles. The van der Waals surface area contributed by atoms with Crippen LogP contribution in [0, 0.1) is 0 Å². The van der Waals surface area contributed by atoms with E-state index in [1.165, 1.54) is 24.2 Å². The first kappa shape index (κ1) is 25.9. The summed E-state index contributed by atoms with van der Waals surface area (Å²) in [4.78, 5) is 20.9. The highest BCUT2D eigenvalue weighted by Gasteiger charge is 2.16. The minimum atomic E-state index is -0.476. The molecule has 180 valence electrons. The molecule has 0 bridgehead atoms. The molecule has 1 heterocycles. The van der Waals surface area contributed by atoms with E-state index in [1.54, 1.807) is 7.05 Å². The average molecular weight is 447 g/mol. The summed E-state index contributed by atoms with van der Waals surface area (Å²) in [5, 5.41) is 9.37. The van der Waals surface area contributed by atoms with Crippen molar-refractivity contribution in [1.29, 1.82) is 0 Å². The normalized spacial score (nSPS) is 16.0. The summed E-state index contributed by atoms with van der Waals surface area (Å²) < 4.78 is 5.22. The highest BCUT2D eigenvalue weighted by molar-refractivity contribution is 5.79. The van der Waals surface area contributed by atoms with E-state index >= 15 is 0 Å². The van der Waals surface area contributed by atoms with Gasteiger partial charge in [0, 0.05) is 59.4 Å². The lowest BCUT2D eigenvalue weighted by Crippen LogP contribution is -2.45. The molecule has 0 saturated carbocycles. The number of hydrogen-bond donors (Lipinski definition) is 3. The Morgan fingerprint density at radius 3 is 2.16 bits per heavy atom. The summed E-state index contributed by atoms with van der Waals surface area (Å²) in [5.74, 6) is 0.750. The molecule has 1 fully saturated rings. The van der Waals surface area contributed by atoms with E-state index < -0.39 is 5.60 Å². The molecule has 0 radical (unpaired) electrons. The van der Waals surface area contributed by atoms with E-state index in [-0.39, 0.29) is 6.09 Å². The van der Waals surface area contributed by atoms with Gasteiger partial charge in [-0.25, -0.2) is 4.79 Å². The first-order valence-corrected chi connectivity index (χ1v) is 11.7. The van der Waals surface area contributed by atoms with Crippen LogP contribution in [-0.4, -0.2) is 80.3 Å². The molecule has 8 nitrogen and oxygen atoms in total. The van der Waals surface area contributed by atoms with Crippen LogP contribution in [0.25, 0.3) is 0 Å². The standard InChI is InChI=1S/C24H42N6O2/c1-6-29-14-16-30(17-15-29)19-21-10-8-20(9-11-21)18-28-22(25-5)26-12-7-13-27-23(31)32-24(2,3)4/h8-11H,6-7,12-19H2,1-5H3,(H,27,31)(H2,25,26,28). The third kappa shape index (κ3) is 10.3. The van der Waals surface area contributed by atoms with Crippen molar-refractivity contribution in [3.63, 3.8) is 0 Å². The second-order valence-corrected chi connectivity index (χ2v) is 9.16. The fourth-order valence-corrected chi connectivity index (χ4v) is 3.49. The lowest BCUT2D eigenvalue weighted by molar-refractivity contribution is 0.0527. The molecule has 2 rings (SSSR count). The van der Waals surface area contributed by atoms with E-state index in [4.69, 9.17) is 4.74 Å². The number of carbonyl (C=O) groups is 1. The van der Waals surface area contributed by atoms with Gasteiger partial charge >= 0.3 is 6.09 Å². The molecule has 0 atom stereocenters. The van der Waals surface area contributed by atoms with Gasteiger partial charge in [-0.15, -0.1) is 0 Å². The lowest BCUT2D eigenvalue weighted by Gasteiger charge is -2.34. The number of nitrogens with zero attached hydrogens (tertiary/aromatic N) is 3. The number of ether oxygens (including phenoxy) is 1. The predicted octanol–water partition coefficient (Wildman–Crippen LogP) is 2.40. The molecule has 3 N–H and O–H groups in total. The van der Waals surface area contributed by atoms with Crippen molar-refractivity contribution in [3.05, 3.63) is 35.4 Å². The third-order valence-electron chi connectivity index (χ3n) is 5.34. The van der Waals surface area contributed by atoms with Crippen LogP contribution < -0.4 is 16.0 Å². The van der Waals surface area contributed by atoms with Crippen molar-refractivity contribution in [2.24, 2.45) is 4.99 Å². The average Bonchev–Trinajstić information content (AvgIpc) is 2.76. The summed E-state index contributed by atoms with van der Waals surface area (Å²) in [6.45, 7) is 16.6. The number of carbonyl (C=O) groups excluding carboxylic acids is 1. The van der Waals surface area contributed by atoms with Gasteiger partial charge in [0.05, 0.1) is 0 Å². The third-order valence-corrected chi connectivity index (χ3v) is 5.34. The molecule has 1 saturated heterocycles. The Labute approximate surface area is 193 Å². The second kappa shape index (κ2) is 13.3. The Morgan fingerprint density at radius 2 is 1.56 bits per heavy atom. The minimum absolute atomic E-state index is 0.383. The SMILES string of the molecule is CCN1CCN(Cc2ccc(CNC(=NC)NCCCNC(=O)OC(C)(C)C)cc2)CC1. The Bertz CT molecular complexity index is 706. The zero-order valence-corrected chi connectivity index (χ0v) is 20.5. The molecule has 1 aromatic rings. The van der Waals surface area contributed by atoms with Crippen LogP contribution in [0.4, 0.5) is 4.79 Å².